The second-order valence-corrected chi connectivity index (χ2v) is 9.86. The predicted octanol–water partition coefficient (Wildman–Crippen LogP) is 0.777. The number of benzene rings is 1. The Hall–Kier alpha value is -2.98. The van der Waals surface area contributed by atoms with Gasteiger partial charge in [-0.15, -0.1) is 0 Å². The molecule has 1 aliphatic heterocycles. The van der Waals surface area contributed by atoms with Gasteiger partial charge in [0.05, 0.1) is 6.04 Å². The van der Waals surface area contributed by atoms with Crippen LogP contribution in [0.3, 0.4) is 0 Å². The molecule has 36 heavy (non-hydrogen) atoms. The summed E-state index contributed by atoms with van der Waals surface area (Å²) in [7, 11) is 0. The molecule has 0 bridgehead atoms. The van der Waals surface area contributed by atoms with Gasteiger partial charge < -0.3 is 32.1 Å². The van der Waals surface area contributed by atoms with E-state index in [1.807, 2.05) is 44.2 Å². The van der Waals surface area contributed by atoms with E-state index in [4.69, 9.17) is 11.5 Å². The molecule has 0 aromatic heterocycles. The largest absolute Gasteiger partial charge is 0.480 e. The van der Waals surface area contributed by atoms with Gasteiger partial charge in [-0.25, -0.2) is 4.79 Å². The molecule has 1 saturated heterocycles. The van der Waals surface area contributed by atoms with Gasteiger partial charge in [-0.05, 0) is 56.6 Å². The van der Waals surface area contributed by atoms with Gasteiger partial charge in [-0.2, -0.15) is 0 Å². The van der Waals surface area contributed by atoms with E-state index in [1.54, 1.807) is 0 Å². The maximum absolute atomic E-state index is 13.4. The molecule has 0 spiro atoms. The molecule has 2 rings (SSSR count). The van der Waals surface area contributed by atoms with Crippen LogP contribution in [0.15, 0.2) is 30.3 Å². The minimum atomic E-state index is -1.05. The number of carboxylic acid groups (broad SMARTS) is 1. The molecule has 1 fully saturated rings. The Morgan fingerprint density at radius 3 is 2.33 bits per heavy atom. The molecule has 200 valence electrons. The monoisotopic (exact) mass is 503 g/mol. The second-order valence-electron chi connectivity index (χ2n) is 9.86. The molecular weight excluding hydrogens is 462 g/mol. The van der Waals surface area contributed by atoms with E-state index in [0.717, 1.165) is 5.56 Å². The third-order valence-electron chi connectivity index (χ3n) is 6.36. The Balaban J connectivity index is 2.22. The predicted molar refractivity (Wildman–Crippen MR) is 137 cm³/mol. The first kappa shape index (κ1) is 29.3. The Morgan fingerprint density at radius 2 is 1.72 bits per heavy atom. The summed E-state index contributed by atoms with van der Waals surface area (Å²) in [6, 6.07) is 5.72. The van der Waals surface area contributed by atoms with Crippen LogP contribution in [0.2, 0.25) is 0 Å². The van der Waals surface area contributed by atoms with Crippen LogP contribution in [-0.4, -0.2) is 71.0 Å². The highest BCUT2D eigenvalue weighted by atomic mass is 16.4. The van der Waals surface area contributed by atoms with E-state index in [2.05, 4.69) is 10.6 Å². The number of carboxylic acids is 1. The van der Waals surface area contributed by atoms with Gasteiger partial charge in [0.25, 0.3) is 0 Å². The lowest BCUT2D eigenvalue weighted by Crippen LogP contribution is -2.57. The zero-order valence-electron chi connectivity index (χ0n) is 21.3. The number of rotatable bonds is 14. The van der Waals surface area contributed by atoms with Gasteiger partial charge in [0.1, 0.15) is 18.1 Å². The minimum Gasteiger partial charge on any atom is -0.480 e. The number of nitrogens with zero attached hydrogens (tertiary/aromatic N) is 1. The van der Waals surface area contributed by atoms with Crippen molar-refractivity contribution in [3.63, 3.8) is 0 Å². The molecule has 0 radical (unpaired) electrons. The number of nitrogens with two attached hydrogens (primary N) is 2. The number of amides is 3. The highest BCUT2D eigenvalue weighted by molar-refractivity contribution is 5.94. The number of hydrogen-bond donors (Lipinski definition) is 5. The van der Waals surface area contributed by atoms with Crippen molar-refractivity contribution in [2.75, 3.05) is 13.1 Å². The molecule has 1 aromatic rings. The number of aliphatic carboxylic acids is 1. The standard InChI is InChI=1S/C26H41N5O5/c1-17(2)15-19(28)23(32)30-21(16-18-9-4-3-5-10-18)24(33)29-20(11-6-7-13-27)25(34)31-14-8-12-22(31)26(35)36/h3-5,9-10,17,19-22H,6-8,11-16,27-28H2,1-2H3,(H,29,33)(H,30,32)(H,35,36). The lowest BCUT2D eigenvalue weighted by molar-refractivity contribution is -0.149. The van der Waals surface area contributed by atoms with E-state index in [-0.39, 0.29) is 12.3 Å². The number of carbonyl (C=O) groups is 4. The van der Waals surface area contributed by atoms with Crippen LogP contribution >= 0.6 is 0 Å². The van der Waals surface area contributed by atoms with Gasteiger partial charge in [0.15, 0.2) is 0 Å². The Morgan fingerprint density at radius 1 is 1.06 bits per heavy atom. The molecule has 0 aliphatic carbocycles. The Kier molecular flexibility index (Phi) is 11.8. The van der Waals surface area contributed by atoms with Crippen molar-refractivity contribution in [2.24, 2.45) is 17.4 Å². The number of unbranched alkanes of at least 4 members (excludes halogenated alkanes) is 1. The van der Waals surface area contributed by atoms with E-state index in [9.17, 15) is 24.3 Å². The van der Waals surface area contributed by atoms with Crippen molar-refractivity contribution in [2.45, 2.75) is 83.0 Å². The van der Waals surface area contributed by atoms with Crippen LogP contribution in [0, 0.1) is 5.92 Å². The second kappa shape index (κ2) is 14.5. The minimum absolute atomic E-state index is 0.208. The van der Waals surface area contributed by atoms with E-state index in [0.29, 0.717) is 51.6 Å². The molecule has 4 unspecified atom stereocenters. The molecule has 1 aliphatic rings. The van der Waals surface area contributed by atoms with E-state index >= 15 is 0 Å². The Bertz CT molecular complexity index is 879. The summed E-state index contributed by atoms with van der Waals surface area (Å²) < 4.78 is 0. The van der Waals surface area contributed by atoms with Crippen LogP contribution in [-0.2, 0) is 25.6 Å². The molecular formula is C26H41N5O5. The van der Waals surface area contributed by atoms with E-state index < -0.39 is 47.9 Å². The fourth-order valence-electron chi connectivity index (χ4n) is 4.46. The van der Waals surface area contributed by atoms with Crippen molar-refractivity contribution in [3.8, 4) is 0 Å². The topological polar surface area (TPSA) is 168 Å². The fraction of sp³-hybridized carbons (Fsp3) is 0.615. The highest BCUT2D eigenvalue weighted by Crippen LogP contribution is 2.20. The number of hydrogen-bond acceptors (Lipinski definition) is 6. The maximum atomic E-state index is 13.4. The van der Waals surface area contributed by atoms with Gasteiger partial charge >= 0.3 is 5.97 Å². The molecule has 10 heteroatoms. The summed E-state index contributed by atoms with van der Waals surface area (Å²) in [4.78, 5) is 52.5. The Labute approximate surface area is 213 Å². The number of likely N-dealkylation sites (tertiary alicyclic amines) is 1. The van der Waals surface area contributed by atoms with Crippen LogP contribution in [0.25, 0.3) is 0 Å². The maximum Gasteiger partial charge on any atom is 0.326 e. The molecule has 1 heterocycles. The summed E-state index contributed by atoms with van der Waals surface area (Å²) >= 11 is 0. The summed E-state index contributed by atoms with van der Waals surface area (Å²) in [5.74, 6) is -2.22. The van der Waals surface area contributed by atoms with Crippen molar-refractivity contribution in [1.82, 2.24) is 15.5 Å². The normalized spacial score (nSPS) is 17.9. The zero-order valence-corrected chi connectivity index (χ0v) is 21.3. The third kappa shape index (κ3) is 8.91. The smallest absolute Gasteiger partial charge is 0.326 e. The first-order valence-corrected chi connectivity index (χ1v) is 12.8. The van der Waals surface area contributed by atoms with Gasteiger partial charge in [-0.1, -0.05) is 44.2 Å². The zero-order chi connectivity index (χ0) is 26.7. The summed E-state index contributed by atoms with van der Waals surface area (Å²) in [5.41, 5.74) is 12.5. The van der Waals surface area contributed by atoms with Crippen molar-refractivity contribution < 1.29 is 24.3 Å². The van der Waals surface area contributed by atoms with Crippen molar-refractivity contribution in [1.29, 1.82) is 0 Å². The van der Waals surface area contributed by atoms with Crippen LogP contribution < -0.4 is 22.1 Å². The third-order valence-corrected chi connectivity index (χ3v) is 6.36. The van der Waals surface area contributed by atoms with Crippen molar-refractivity contribution >= 4 is 23.7 Å². The van der Waals surface area contributed by atoms with Crippen LogP contribution in [0.1, 0.15) is 57.9 Å². The average Bonchev–Trinajstić information content (AvgIpc) is 3.33. The van der Waals surface area contributed by atoms with Crippen LogP contribution in [0.5, 0.6) is 0 Å². The van der Waals surface area contributed by atoms with Crippen LogP contribution in [0.4, 0.5) is 0 Å². The lowest BCUT2D eigenvalue weighted by atomic mass is 10.0. The lowest BCUT2D eigenvalue weighted by Gasteiger charge is -2.29. The molecule has 7 N–H and O–H groups in total. The quantitative estimate of drug-likeness (QED) is 0.234. The molecule has 10 nitrogen and oxygen atoms in total. The average molecular weight is 504 g/mol. The summed E-state index contributed by atoms with van der Waals surface area (Å²) in [5, 5.41) is 15.1. The summed E-state index contributed by atoms with van der Waals surface area (Å²) in [6.45, 7) is 4.69. The molecule has 1 aromatic carbocycles. The SMILES string of the molecule is CC(C)CC(N)C(=O)NC(Cc1ccccc1)C(=O)NC(CCCCN)C(=O)N1CCCC1C(=O)O. The molecule has 0 saturated carbocycles. The number of nitrogens with one attached hydrogen (secondary N) is 2. The van der Waals surface area contributed by atoms with Gasteiger partial charge in [-0.3, -0.25) is 14.4 Å². The first-order chi connectivity index (χ1) is 17.1. The summed E-state index contributed by atoms with van der Waals surface area (Å²) in [6.07, 6.45) is 3.24. The first-order valence-electron chi connectivity index (χ1n) is 12.8. The van der Waals surface area contributed by atoms with Crippen molar-refractivity contribution in [3.05, 3.63) is 35.9 Å². The van der Waals surface area contributed by atoms with Gasteiger partial charge in [0.2, 0.25) is 17.7 Å². The molecule has 3 amide bonds. The highest BCUT2D eigenvalue weighted by Gasteiger charge is 2.38. The molecule has 4 atom stereocenters. The van der Waals surface area contributed by atoms with E-state index in [1.165, 1.54) is 4.90 Å². The fourth-order valence-corrected chi connectivity index (χ4v) is 4.46. The van der Waals surface area contributed by atoms with Gasteiger partial charge in [0, 0.05) is 13.0 Å². The number of carbonyl (C=O) groups excluding carboxylic acids is 3.